The third-order valence-corrected chi connectivity index (χ3v) is 3.44. The number of carbonyl (C=O) groups is 1. The normalized spacial score (nSPS) is 10.2. The topological polar surface area (TPSA) is 85.1 Å². The third kappa shape index (κ3) is 3.56. The predicted molar refractivity (Wildman–Crippen MR) is 82.7 cm³/mol. The van der Waals surface area contributed by atoms with Gasteiger partial charge in [-0.15, -0.1) is 0 Å². The number of hydrogen-bond acceptors (Lipinski definition) is 4. The summed E-state index contributed by atoms with van der Waals surface area (Å²) in [7, 11) is 0. The number of carbonyl (C=O) groups excluding carboxylic acids is 1. The zero-order valence-electron chi connectivity index (χ0n) is 10.8. The van der Waals surface area contributed by atoms with Crippen molar-refractivity contribution in [1.82, 2.24) is 4.98 Å². The number of nitro benzene ring substituents is 1. The highest BCUT2D eigenvalue weighted by Gasteiger charge is 2.15. The van der Waals surface area contributed by atoms with Gasteiger partial charge in [0.05, 0.1) is 10.6 Å². The molecule has 0 aliphatic rings. The molecular formula is C13H9BrClN3O3. The molecule has 1 amide bonds. The van der Waals surface area contributed by atoms with E-state index in [2.05, 4.69) is 26.2 Å². The first-order chi connectivity index (χ1) is 9.88. The van der Waals surface area contributed by atoms with Crippen LogP contribution in [0.5, 0.6) is 0 Å². The number of anilines is 1. The van der Waals surface area contributed by atoms with Gasteiger partial charge in [-0.3, -0.25) is 14.9 Å². The Hall–Kier alpha value is -1.99. The lowest BCUT2D eigenvalue weighted by molar-refractivity contribution is -0.385. The molecule has 21 heavy (non-hydrogen) atoms. The van der Waals surface area contributed by atoms with Crippen LogP contribution in [0.1, 0.15) is 15.9 Å². The first kappa shape index (κ1) is 15.4. The molecule has 0 spiro atoms. The van der Waals surface area contributed by atoms with Crippen LogP contribution in [0, 0.1) is 17.0 Å². The summed E-state index contributed by atoms with van der Waals surface area (Å²) in [6.07, 6.45) is 1.51. The summed E-state index contributed by atoms with van der Waals surface area (Å²) in [5, 5.41) is 13.5. The van der Waals surface area contributed by atoms with Crippen LogP contribution in [0.3, 0.4) is 0 Å². The van der Waals surface area contributed by atoms with E-state index in [1.54, 1.807) is 13.0 Å². The number of hydrogen-bond donors (Lipinski definition) is 1. The van der Waals surface area contributed by atoms with E-state index in [1.807, 2.05) is 0 Å². The summed E-state index contributed by atoms with van der Waals surface area (Å²) in [6, 6.07) is 5.75. The molecule has 1 aromatic carbocycles. The predicted octanol–water partition coefficient (Wildman–Crippen LogP) is 3.97. The maximum atomic E-state index is 12.1. The molecule has 0 saturated carbocycles. The van der Waals surface area contributed by atoms with E-state index < -0.39 is 10.8 Å². The third-order valence-electron chi connectivity index (χ3n) is 2.71. The SMILES string of the molecule is Cc1cc(C(=O)Nc2cc(Br)cnc2Cl)ccc1[N+](=O)[O-]. The first-order valence-electron chi connectivity index (χ1n) is 5.76. The lowest BCUT2D eigenvalue weighted by Crippen LogP contribution is -2.13. The second-order valence-corrected chi connectivity index (χ2v) is 5.48. The van der Waals surface area contributed by atoms with E-state index in [9.17, 15) is 14.9 Å². The van der Waals surface area contributed by atoms with Gasteiger partial charge in [-0.2, -0.15) is 0 Å². The molecule has 0 aliphatic carbocycles. The van der Waals surface area contributed by atoms with Gasteiger partial charge in [0.25, 0.3) is 11.6 Å². The number of amides is 1. The number of pyridine rings is 1. The van der Waals surface area contributed by atoms with Gasteiger partial charge in [-0.1, -0.05) is 11.6 Å². The van der Waals surface area contributed by atoms with E-state index in [1.165, 1.54) is 24.4 Å². The monoisotopic (exact) mass is 369 g/mol. The summed E-state index contributed by atoms with van der Waals surface area (Å²) >= 11 is 9.12. The Bertz CT molecular complexity index is 737. The quantitative estimate of drug-likeness (QED) is 0.503. The number of nitrogens with one attached hydrogen (secondary N) is 1. The molecular weight excluding hydrogens is 362 g/mol. The minimum Gasteiger partial charge on any atom is -0.319 e. The van der Waals surface area contributed by atoms with Crippen LogP contribution in [0.2, 0.25) is 5.15 Å². The Morgan fingerprint density at radius 1 is 1.43 bits per heavy atom. The highest BCUT2D eigenvalue weighted by Crippen LogP contribution is 2.24. The molecule has 1 heterocycles. The summed E-state index contributed by atoms with van der Waals surface area (Å²) in [5.74, 6) is -0.421. The van der Waals surface area contributed by atoms with Crippen LogP contribution < -0.4 is 5.32 Å². The molecule has 2 rings (SSSR count). The Kier molecular flexibility index (Phi) is 4.54. The number of aryl methyl sites for hydroxylation is 1. The van der Waals surface area contributed by atoms with Crippen LogP contribution in [0.15, 0.2) is 34.9 Å². The van der Waals surface area contributed by atoms with Crippen molar-refractivity contribution < 1.29 is 9.72 Å². The molecule has 1 aromatic heterocycles. The summed E-state index contributed by atoms with van der Waals surface area (Å²) < 4.78 is 0.669. The number of aromatic nitrogens is 1. The number of halogens is 2. The number of nitrogens with zero attached hydrogens (tertiary/aromatic N) is 2. The van der Waals surface area contributed by atoms with Crippen molar-refractivity contribution in [2.24, 2.45) is 0 Å². The standard InChI is InChI=1S/C13H9BrClN3O3/c1-7-4-8(2-3-11(7)18(20)21)13(19)17-10-5-9(14)6-16-12(10)15/h2-6H,1H3,(H,17,19). The van der Waals surface area contributed by atoms with Gasteiger partial charge in [-0.05, 0) is 41.1 Å². The van der Waals surface area contributed by atoms with Crippen molar-refractivity contribution in [3.63, 3.8) is 0 Å². The minimum absolute atomic E-state index is 0.0336. The molecule has 0 aliphatic heterocycles. The van der Waals surface area contributed by atoms with Gasteiger partial charge in [0.1, 0.15) is 0 Å². The van der Waals surface area contributed by atoms with Crippen LogP contribution in [-0.2, 0) is 0 Å². The van der Waals surface area contributed by atoms with Gasteiger partial charge >= 0.3 is 0 Å². The van der Waals surface area contributed by atoms with Crippen molar-refractivity contribution >= 4 is 44.8 Å². The fourth-order valence-electron chi connectivity index (χ4n) is 1.71. The molecule has 1 N–H and O–H groups in total. The number of benzene rings is 1. The zero-order chi connectivity index (χ0) is 15.6. The average Bonchev–Trinajstić information content (AvgIpc) is 2.42. The molecule has 0 saturated heterocycles. The number of rotatable bonds is 3. The van der Waals surface area contributed by atoms with Crippen molar-refractivity contribution in [1.29, 1.82) is 0 Å². The van der Waals surface area contributed by atoms with Gasteiger partial charge in [-0.25, -0.2) is 4.98 Å². The Morgan fingerprint density at radius 2 is 2.14 bits per heavy atom. The van der Waals surface area contributed by atoms with E-state index in [0.717, 1.165) is 0 Å². The van der Waals surface area contributed by atoms with Gasteiger partial charge in [0, 0.05) is 27.9 Å². The lowest BCUT2D eigenvalue weighted by Gasteiger charge is -2.07. The van der Waals surface area contributed by atoms with E-state index in [0.29, 0.717) is 21.3 Å². The average molecular weight is 371 g/mol. The van der Waals surface area contributed by atoms with Crippen LogP contribution in [0.25, 0.3) is 0 Å². The van der Waals surface area contributed by atoms with Crippen LogP contribution in [0.4, 0.5) is 11.4 Å². The zero-order valence-corrected chi connectivity index (χ0v) is 13.1. The highest BCUT2D eigenvalue weighted by molar-refractivity contribution is 9.10. The van der Waals surface area contributed by atoms with E-state index in [-0.39, 0.29) is 10.8 Å². The summed E-state index contributed by atoms with van der Waals surface area (Å²) in [5.41, 5.74) is 1.03. The Morgan fingerprint density at radius 3 is 2.76 bits per heavy atom. The Labute approximate surface area is 133 Å². The van der Waals surface area contributed by atoms with Gasteiger partial charge < -0.3 is 5.32 Å². The molecule has 0 unspecified atom stereocenters. The van der Waals surface area contributed by atoms with Crippen LogP contribution in [-0.4, -0.2) is 15.8 Å². The molecule has 8 heteroatoms. The minimum atomic E-state index is -0.494. The highest BCUT2D eigenvalue weighted by atomic mass is 79.9. The molecule has 0 bridgehead atoms. The Balaban J connectivity index is 2.26. The maximum Gasteiger partial charge on any atom is 0.272 e. The first-order valence-corrected chi connectivity index (χ1v) is 6.93. The smallest absolute Gasteiger partial charge is 0.272 e. The molecule has 0 fully saturated rings. The summed E-state index contributed by atoms with van der Waals surface area (Å²) in [4.78, 5) is 26.3. The van der Waals surface area contributed by atoms with Crippen molar-refractivity contribution in [3.8, 4) is 0 Å². The molecule has 0 radical (unpaired) electrons. The molecule has 6 nitrogen and oxygen atoms in total. The van der Waals surface area contributed by atoms with Crippen molar-refractivity contribution in [2.75, 3.05) is 5.32 Å². The second kappa shape index (κ2) is 6.19. The summed E-state index contributed by atoms with van der Waals surface area (Å²) in [6.45, 7) is 1.57. The van der Waals surface area contributed by atoms with Crippen molar-refractivity contribution in [3.05, 3.63) is 61.3 Å². The molecule has 2 aromatic rings. The van der Waals surface area contributed by atoms with E-state index >= 15 is 0 Å². The fourth-order valence-corrected chi connectivity index (χ4v) is 2.19. The second-order valence-electron chi connectivity index (χ2n) is 4.20. The van der Waals surface area contributed by atoms with Gasteiger partial charge in [0.15, 0.2) is 5.15 Å². The molecule has 0 atom stereocenters. The lowest BCUT2D eigenvalue weighted by atomic mass is 10.1. The molecule has 108 valence electrons. The maximum absolute atomic E-state index is 12.1. The fraction of sp³-hybridized carbons (Fsp3) is 0.0769. The van der Waals surface area contributed by atoms with Gasteiger partial charge in [0.2, 0.25) is 0 Å². The van der Waals surface area contributed by atoms with Crippen molar-refractivity contribution in [2.45, 2.75) is 6.92 Å². The number of nitro groups is 1. The largest absolute Gasteiger partial charge is 0.319 e. The van der Waals surface area contributed by atoms with E-state index in [4.69, 9.17) is 11.6 Å². The van der Waals surface area contributed by atoms with Crippen LogP contribution >= 0.6 is 27.5 Å².